The Balaban J connectivity index is 1.23. The van der Waals surface area contributed by atoms with Crippen molar-refractivity contribution in [2.45, 2.75) is 75.1 Å². The minimum atomic E-state index is -3.56. The molecule has 1 saturated carbocycles. The number of aryl methyl sites for hydroxylation is 1. The van der Waals surface area contributed by atoms with E-state index in [1.807, 2.05) is 18.2 Å². The fourth-order valence-corrected chi connectivity index (χ4v) is 7.95. The minimum absolute atomic E-state index is 0.0193. The number of nitrogens with two attached hydrogens (primary N) is 1. The highest BCUT2D eigenvalue weighted by Crippen LogP contribution is 2.47. The van der Waals surface area contributed by atoms with Gasteiger partial charge in [-0.15, -0.1) is 0 Å². The van der Waals surface area contributed by atoms with Crippen molar-refractivity contribution in [3.05, 3.63) is 58.1 Å². The molecule has 1 fully saturated rings. The van der Waals surface area contributed by atoms with Crippen molar-refractivity contribution in [2.75, 3.05) is 31.7 Å². The number of anilines is 1. The average Bonchev–Trinajstić information content (AvgIpc) is 3.36. The van der Waals surface area contributed by atoms with E-state index >= 15 is 0 Å². The maximum Gasteiger partial charge on any atom is 0.337 e. The van der Waals surface area contributed by atoms with Gasteiger partial charge in [-0.3, -0.25) is 0 Å². The number of nitrogens with zero attached hydrogens (tertiary/aromatic N) is 2. The molecule has 1 unspecified atom stereocenters. The fraction of sp³-hybridized carbons (Fsp3) is 0.562. The number of rotatable bonds is 8. The number of methoxy groups -OCH3 is 1. The molecule has 2 N–H and O–H groups in total. The number of carbonyl (C=O) groups is 1. The molecule has 6 rings (SSSR count). The first-order chi connectivity index (χ1) is 20.6. The lowest BCUT2D eigenvalue weighted by Gasteiger charge is -2.45. The lowest BCUT2D eigenvalue weighted by atomic mass is 9.68. The Labute approximate surface area is 258 Å². The molecule has 43 heavy (non-hydrogen) atoms. The number of sulfonamides is 1. The third kappa shape index (κ3) is 6.11. The summed E-state index contributed by atoms with van der Waals surface area (Å²) in [4.78, 5) is 20.9. The number of primary sulfonamides is 1. The van der Waals surface area contributed by atoms with Gasteiger partial charge in [-0.1, -0.05) is 22.8 Å². The minimum Gasteiger partial charge on any atom is -0.490 e. The molecule has 0 aromatic heterocycles. The molecule has 2 heterocycles. The molecule has 2 aromatic rings. The van der Waals surface area contributed by atoms with Crippen LogP contribution in [-0.2, 0) is 31.4 Å². The molecule has 0 saturated heterocycles. The average molecular weight is 630 g/mol. The standard InChI is InChI=1S/C32H40ClN3O6S/c1-20(43(34,38)39)5-9-25-16-30(42-35-25)26-10-6-23(26)17-36-18-32(13-3-4-21-14-24(33)8-11-27(21)32)19-41-29-12-7-22(15-28(29)36)31(37)40-2/h7-8,11-12,14-15,20,23,26,30H,3-6,9-10,13,16-19H2,1-2H3,(H2,34,38,39)/t20?,23-,26+,30-,32-/m0/s1. The quantitative estimate of drug-likeness (QED) is 0.397. The first kappa shape index (κ1) is 30.2. The van der Waals surface area contributed by atoms with E-state index in [0.717, 1.165) is 67.4 Å². The van der Waals surface area contributed by atoms with Gasteiger partial charge in [0.25, 0.3) is 0 Å². The van der Waals surface area contributed by atoms with Crippen molar-refractivity contribution in [1.82, 2.24) is 0 Å². The zero-order valence-corrected chi connectivity index (χ0v) is 26.3. The fourth-order valence-electron chi connectivity index (χ4n) is 7.31. The van der Waals surface area contributed by atoms with Crippen LogP contribution in [0.25, 0.3) is 0 Å². The predicted molar refractivity (Wildman–Crippen MR) is 166 cm³/mol. The van der Waals surface area contributed by atoms with Gasteiger partial charge >= 0.3 is 5.97 Å². The second-order valence-electron chi connectivity index (χ2n) is 12.7. The maximum absolute atomic E-state index is 12.5. The summed E-state index contributed by atoms with van der Waals surface area (Å²) in [5.41, 5.74) is 4.68. The van der Waals surface area contributed by atoms with Crippen LogP contribution in [0.4, 0.5) is 5.69 Å². The van der Waals surface area contributed by atoms with Gasteiger partial charge in [0.2, 0.25) is 10.0 Å². The van der Waals surface area contributed by atoms with Crippen LogP contribution in [0.5, 0.6) is 5.75 Å². The van der Waals surface area contributed by atoms with Crippen LogP contribution in [-0.4, -0.2) is 58.3 Å². The molecule has 2 aromatic carbocycles. The molecule has 5 atom stereocenters. The van der Waals surface area contributed by atoms with Crippen LogP contribution in [0, 0.1) is 11.8 Å². The summed E-state index contributed by atoms with van der Waals surface area (Å²) in [5.74, 6) is 1.11. The van der Waals surface area contributed by atoms with Crippen LogP contribution in [0.3, 0.4) is 0 Å². The zero-order valence-electron chi connectivity index (χ0n) is 24.8. The second-order valence-corrected chi connectivity index (χ2v) is 15.1. The highest BCUT2D eigenvalue weighted by Gasteiger charge is 2.46. The summed E-state index contributed by atoms with van der Waals surface area (Å²) in [6.07, 6.45) is 6.87. The van der Waals surface area contributed by atoms with Crippen molar-refractivity contribution in [3.63, 3.8) is 0 Å². The number of hydrogen-bond acceptors (Lipinski definition) is 8. The third-order valence-electron chi connectivity index (χ3n) is 10.0. The molecule has 232 valence electrons. The van der Waals surface area contributed by atoms with E-state index in [9.17, 15) is 13.2 Å². The number of fused-ring (bicyclic) bond motifs is 3. The molecule has 4 aliphatic rings. The van der Waals surface area contributed by atoms with Crippen molar-refractivity contribution < 1.29 is 27.5 Å². The van der Waals surface area contributed by atoms with Crippen LogP contribution < -0.4 is 14.8 Å². The Hall–Kier alpha value is -2.82. The predicted octanol–water partition coefficient (Wildman–Crippen LogP) is 5.23. The van der Waals surface area contributed by atoms with E-state index in [0.29, 0.717) is 43.3 Å². The molecule has 0 radical (unpaired) electrons. The first-order valence-electron chi connectivity index (χ1n) is 15.2. The molecule has 2 aliphatic heterocycles. The van der Waals surface area contributed by atoms with Crippen molar-refractivity contribution >= 4 is 39.0 Å². The van der Waals surface area contributed by atoms with Crippen molar-refractivity contribution in [3.8, 4) is 5.75 Å². The Morgan fingerprint density at radius 3 is 2.84 bits per heavy atom. The molecule has 1 spiro atoms. The van der Waals surface area contributed by atoms with Crippen LogP contribution in [0.15, 0.2) is 41.6 Å². The molecule has 11 heteroatoms. The van der Waals surface area contributed by atoms with Gasteiger partial charge in [0.05, 0.1) is 35.9 Å². The topological polar surface area (TPSA) is 121 Å². The van der Waals surface area contributed by atoms with Crippen LogP contribution >= 0.6 is 11.6 Å². The molecule has 0 amide bonds. The van der Waals surface area contributed by atoms with Crippen LogP contribution in [0.2, 0.25) is 5.02 Å². The number of esters is 1. The van der Waals surface area contributed by atoms with E-state index in [1.165, 1.54) is 18.2 Å². The Morgan fingerprint density at radius 1 is 1.26 bits per heavy atom. The molecular weight excluding hydrogens is 590 g/mol. The number of halogens is 1. The summed E-state index contributed by atoms with van der Waals surface area (Å²) < 4.78 is 34.9. The van der Waals surface area contributed by atoms with Crippen LogP contribution in [0.1, 0.15) is 73.4 Å². The monoisotopic (exact) mass is 629 g/mol. The SMILES string of the molecule is COC(=O)c1ccc2c(c1)N(C[C@@H]1CC[C@H]1[C@@H]1CC(CCC(C)S(N)(=O)=O)=NO1)C[C@@]1(CCCc3cc(Cl)ccc31)CO2. The maximum atomic E-state index is 12.5. The summed E-state index contributed by atoms with van der Waals surface area (Å²) in [7, 11) is -2.16. The van der Waals surface area contributed by atoms with Gasteiger partial charge in [0, 0.05) is 35.9 Å². The Kier molecular flexibility index (Phi) is 8.39. The number of ether oxygens (including phenoxy) is 2. The zero-order chi connectivity index (χ0) is 30.4. The van der Waals surface area contributed by atoms with Crippen molar-refractivity contribution in [2.24, 2.45) is 22.1 Å². The molecule has 9 nitrogen and oxygen atoms in total. The molecular formula is C32H40ClN3O6S. The van der Waals surface area contributed by atoms with Gasteiger partial charge < -0.3 is 19.2 Å². The number of carbonyl (C=O) groups excluding carboxylic acids is 1. The number of oxime groups is 1. The molecule has 0 bridgehead atoms. The van der Waals surface area contributed by atoms with Gasteiger partial charge in [0.15, 0.2) is 0 Å². The van der Waals surface area contributed by atoms with E-state index in [2.05, 4.69) is 22.2 Å². The lowest BCUT2D eigenvalue weighted by Crippen LogP contribution is -2.49. The van der Waals surface area contributed by atoms with Gasteiger partial charge in [-0.25, -0.2) is 18.4 Å². The lowest BCUT2D eigenvalue weighted by molar-refractivity contribution is -0.0213. The summed E-state index contributed by atoms with van der Waals surface area (Å²) >= 11 is 6.40. The molecule has 2 aliphatic carbocycles. The Bertz CT molecular complexity index is 1530. The van der Waals surface area contributed by atoms with E-state index in [4.69, 9.17) is 31.1 Å². The Morgan fingerprint density at radius 2 is 2.09 bits per heavy atom. The summed E-state index contributed by atoms with van der Waals surface area (Å²) in [6, 6.07) is 11.8. The highest BCUT2D eigenvalue weighted by atomic mass is 35.5. The van der Waals surface area contributed by atoms with Gasteiger partial charge in [-0.05, 0) is 99.2 Å². The number of benzene rings is 2. The second kappa shape index (κ2) is 11.9. The van der Waals surface area contributed by atoms with Gasteiger partial charge in [0.1, 0.15) is 11.9 Å². The van der Waals surface area contributed by atoms with E-state index < -0.39 is 15.3 Å². The third-order valence-corrected chi connectivity index (χ3v) is 11.6. The largest absolute Gasteiger partial charge is 0.490 e. The smallest absolute Gasteiger partial charge is 0.337 e. The highest BCUT2D eigenvalue weighted by molar-refractivity contribution is 7.89. The summed E-state index contributed by atoms with van der Waals surface area (Å²) in [5, 5.41) is 9.77. The van der Waals surface area contributed by atoms with E-state index in [-0.39, 0.29) is 17.5 Å². The summed E-state index contributed by atoms with van der Waals surface area (Å²) in [6.45, 7) is 3.75. The van der Waals surface area contributed by atoms with Crippen molar-refractivity contribution in [1.29, 1.82) is 0 Å². The van der Waals surface area contributed by atoms with E-state index in [1.54, 1.807) is 13.0 Å². The normalized spacial score (nSPS) is 27.1. The number of hydrogen-bond donors (Lipinski definition) is 1. The van der Waals surface area contributed by atoms with Gasteiger partial charge in [-0.2, -0.15) is 0 Å². The first-order valence-corrected chi connectivity index (χ1v) is 17.2.